The lowest BCUT2D eigenvalue weighted by molar-refractivity contribution is 0.0923. The molecular weight excluding hydrogens is 328 g/mol. The molecule has 0 bridgehead atoms. The Hall–Kier alpha value is -2.63. The van der Waals surface area contributed by atoms with E-state index in [9.17, 15) is 9.59 Å². The van der Waals surface area contributed by atoms with Gasteiger partial charge in [-0.2, -0.15) is 0 Å². The summed E-state index contributed by atoms with van der Waals surface area (Å²) < 4.78 is 1.91. The summed E-state index contributed by atoms with van der Waals surface area (Å²) in [6.07, 6.45) is 3.61. The lowest BCUT2D eigenvalue weighted by atomic mass is 10.1. The molecule has 1 atom stereocenters. The van der Waals surface area contributed by atoms with E-state index in [1.807, 2.05) is 49.6 Å². The highest BCUT2D eigenvalue weighted by Crippen LogP contribution is 2.23. The van der Waals surface area contributed by atoms with E-state index in [0.29, 0.717) is 11.5 Å². The SMILES string of the molecule is CCC(C)NC(=O)c1nc(C(=O)Nc2ccccc2C)c2n1CCCC2. The number of benzene rings is 1. The molecule has 0 radical (unpaired) electrons. The second-order valence-corrected chi connectivity index (χ2v) is 6.89. The number of hydrogen-bond donors (Lipinski definition) is 2. The molecule has 2 amide bonds. The van der Waals surface area contributed by atoms with Crippen LogP contribution in [0, 0.1) is 6.92 Å². The van der Waals surface area contributed by atoms with Crippen LogP contribution >= 0.6 is 0 Å². The number of fused-ring (bicyclic) bond motifs is 1. The van der Waals surface area contributed by atoms with Gasteiger partial charge in [0.05, 0.1) is 5.69 Å². The molecule has 2 N–H and O–H groups in total. The van der Waals surface area contributed by atoms with Crippen LogP contribution in [0.1, 0.15) is 65.5 Å². The van der Waals surface area contributed by atoms with Gasteiger partial charge in [0.25, 0.3) is 11.8 Å². The summed E-state index contributed by atoms with van der Waals surface area (Å²) in [6, 6.07) is 7.70. The molecule has 0 fully saturated rings. The lowest BCUT2D eigenvalue weighted by Crippen LogP contribution is -2.34. The number of aryl methyl sites for hydroxylation is 1. The van der Waals surface area contributed by atoms with Crippen molar-refractivity contribution in [3.05, 3.63) is 47.0 Å². The third-order valence-corrected chi connectivity index (χ3v) is 4.92. The van der Waals surface area contributed by atoms with Gasteiger partial charge in [-0.15, -0.1) is 0 Å². The van der Waals surface area contributed by atoms with Crippen molar-refractivity contribution in [1.82, 2.24) is 14.9 Å². The second kappa shape index (κ2) is 7.72. The van der Waals surface area contributed by atoms with Crippen molar-refractivity contribution >= 4 is 17.5 Å². The fourth-order valence-electron chi connectivity index (χ4n) is 3.18. The molecule has 0 spiro atoms. The van der Waals surface area contributed by atoms with Gasteiger partial charge in [-0.05, 0) is 51.2 Å². The van der Waals surface area contributed by atoms with Crippen molar-refractivity contribution in [2.45, 2.75) is 59.0 Å². The number of amides is 2. The molecule has 1 aromatic heterocycles. The number of hydrogen-bond acceptors (Lipinski definition) is 3. The molecule has 6 nitrogen and oxygen atoms in total. The Morgan fingerprint density at radius 1 is 1.23 bits per heavy atom. The standard InChI is InChI=1S/C20H26N4O2/c1-4-14(3)21-20(26)18-23-17(16-11-7-8-12-24(16)18)19(25)22-15-10-6-5-9-13(15)2/h5-6,9-10,14H,4,7-8,11-12H2,1-3H3,(H,21,26)(H,22,25). The molecule has 6 heteroatoms. The minimum Gasteiger partial charge on any atom is -0.347 e. The first-order valence-corrected chi connectivity index (χ1v) is 9.28. The van der Waals surface area contributed by atoms with Crippen LogP contribution in [0.15, 0.2) is 24.3 Å². The van der Waals surface area contributed by atoms with Gasteiger partial charge >= 0.3 is 0 Å². The monoisotopic (exact) mass is 354 g/mol. The first-order valence-electron chi connectivity index (χ1n) is 9.28. The van der Waals surface area contributed by atoms with Crippen LogP contribution in [0.2, 0.25) is 0 Å². The number of aromatic nitrogens is 2. The predicted molar refractivity (Wildman–Crippen MR) is 102 cm³/mol. The van der Waals surface area contributed by atoms with Crippen LogP contribution in [0.5, 0.6) is 0 Å². The number of imidazole rings is 1. The number of carbonyl (C=O) groups excluding carboxylic acids is 2. The summed E-state index contributed by atoms with van der Waals surface area (Å²) in [6.45, 7) is 6.66. The van der Waals surface area contributed by atoms with Crippen molar-refractivity contribution < 1.29 is 9.59 Å². The molecule has 1 aliphatic heterocycles. The maximum Gasteiger partial charge on any atom is 0.287 e. The van der Waals surface area contributed by atoms with Crippen LogP contribution in [0.4, 0.5) is 5.69 Å². The minimum atomic E-state index is -0.257. The Bertz CT molecular complexity index is 825. The van der Waals surface area contributed by atoms with Crippen LogP contribution in [0.25, 0.3) is 0 Å². The topological polar surface area (TPSA) is 76.0 Å². The van der Waals surface area contributed by atoms with E-state index in [0.717, 1.165) is 49.2 Å². The van der Waals surface area contributed by atoms with Gasteiger partial charge in [0.2, 0.25) is 0 Å². The Labute approximate surface area is 154 Å². The summed E-state index contributed by atoms with van der Waals surface area (Å²) in [5.41, 5.74) is 2.98. The smallest absolute Gasteiger partial charge is 0.287 e. The van der Waals surface area contributed by atoms with Crippen molar-refractivity contribution in [1.29, 1.82) is 0 Å². The van der Waals surface area contributed by atoms with E-state index in [-0.39, 0.29) is 17.9 Å². The van der Waals surface area contributed by atoms with Crippen molar-refractivity contribution in [3.8, 4) is 0 Å². The Balaban J connectivity index is 1.91. The molecule has 2 aromatic rings. The zero-order valence-electron chi connectivity index (χ0n) is 15.6. The Morgan fingerprint density at radius 3 is 2.73 bits per heavy atom. The summed E-state index contributed by atoms with van der Waals surface area (Å²) in [5, 5.41) is 5.89. The third kappa shape index (κ3) is 3.64. The van der Waals surface area contributed by atoms with Gasteiger partial charge in [0, 0.05) is 18.3 Å². The lowest BCUT2D eigenvalue weighted by Gasteiger charge is -2.18. The molecule has 2 heterocycles. The van der Waals surface area contributed by atoms with Crippen LogP contribution in [-0.2, 0) is 13.0 Å². The zero-order valence-corrected chi connectivity index (χ0v) is 15.6. The molecule has 3 rings (SSSR count). The first kappa shape index (κ1) is 18.2. The van der Waals surface area contributed by atoms with E-state index in [1.165, 1.54) is 0 Å². The Morgan fingerprint density at radius 2 is 2.00 bits per heavy atom. The molecule has 0 saturated carbocycles. The summed E-state index contributed by atoms with van der Waals surface area (Å²) in [5.74, 6) is -0.125. The molecule has 1 aromatic carbocycles. The van der Waals surface area contributed by atoms with Crippen LogP contribution in [-0.4, -0.2) is 27.4 Å². The van der Waals surface area contributed by atoms with E-state index in [4.69, 9.17) is 0 Å². The number of para-hydroxylation sites is 1. The van der Waals surface area contributed by atoms with Gasteiger partial charge in [0.15, 0.2) is 11.5 Å². The summed E-state index contributed by atoms with van der Waals surface area (Å²) in [4.78, 5) is 29.9. The van der Waals surface area contributed by atoms with Crippen molar-refractivity contribution in [3.63, 3.8) is 0 Å². The van der Waals surface area contributed by atoms with Gasteiger partial charge in [-0.1, -0.05) is 25.1 Å². The molecule has 1 aliphatic rings. The van der Waals surface area contributed by atoms with Crippen LogP contribution in [0.3, 0.4) is 0 Å². The zero-order chi connectivity index (χ0) is 18.7. The average molecular weight is 354 g/mol. The highest BCUT2D eigenvalue weighted by molar-refractivity contribution is 6.05. The van der Waals surface area contributed by atoms with Gasteiger partial charge < -0.3 is 15.2 Å². The normalized spacial score (nSPS) is 14.4. The fourth-order valence-corrected chi connectivity index (χ4v) is 3.18. The predicted octanol–water partition coefficient (Wildman–Crippen LogP) is 3.31. The summed E-state index contributed by atoms with van der Waals surface area (Å²) in [7, 11) is 0. The van der Waals surface area contributed by atoms with Gasteiger partial charge in [-0.3, -0.25) is 9.59 Å². The van der Waals surface area contributed by atoms with E-state index in [2.05, 4.69) is 15.6 Å². The molecule has 1 unspecified atom stereocenters. The number of anilines is 1. The molecular formula is C20H26N4O2. The highest BCUT2D eigenvalue weighted by atomic mass is 16.2. The second-order valence-electron chi connectivity index (χ2n) is 6.89. The summed E-state index contributed by atoms with van der Waals surface area (Å²) >= 11 is 0. The molecule has 0 saturated heterocycles. The molecule has 138 valence electrons. The number of carbonyl (C=O) groups is 2. The molecule has 0 aliphatic carbocycles. The number of rotatable bonds is 5. The minimum absolute atomic E-state index is 0.0725. The van der Waals surface area contributed by atoms with E-state index >= 15 is 0 Å². The number of nitrogens with one attached hydrogen (secondary N) is 2. The average Bonchev–Trinajstić information content (AvgIpc) is 3.03. The van der Waals surface area contributed by atoms with Crippen molar-refractivity contribution in [2.24, 2.45) is 0 Å². The van der Waals surface area contributed by atoms with Crippen LogP contribution < -0.4 is 10.6 Å². The maximum absolute atomic E-state index is 12.8. The fraction of sp³-hybridized carbons (Fsp3) is 0.450. The molecule has 26 heavy (non-hydrogen) atoms. The highest BCUT2D eigenvalue weighted by Gasteiger charge is 2.28. The largest absolute Gasteiger partial charge is 0.347 e. The first-order chi connectivity index (χ1) is 12.5. The van der Waals surface area contributed by atoms with Gasteiger partial charge in [0.1, 0.15) is 0 Å². The van der Waals surface area contributed by atoms with Gasteiger partial charge in [-0.25, -0.2) is 4.98 Å². The Kier molecular flexibility index (Phi) is 5.40. The number of nitrogens with zero attached hydrogens (tertiary/aromatic N) is 2. The van der Waals surface area contributed by atoms with E-state index < -0.39 is 0 Å². The third-order valence-electron chi connectivity index (χ3n) is 4.92. The quantitative estimate of drug-likeness (QED) is 0.865. The van der Waals surface area contributed by atoms with E-state index in [1.54, 1.807) is 0 Å². The van der Waals surface area contributed by atoms with Crippen molar-refractivity contribution in [2.75, 3.05) is 5.32 Å². The maximum atomic E-state index is 12.8.